The second-order valence-electron chi connectivity index (χ2n) is 4.26. The molecule has 0 aliphatic heterocycles. The summed E-state index contributed by atoms with van der Waals surface area (Å²) in [6, 6.07) is 9.91. The fraction of sp³-hybridized carbons (Fsp3) is 0.143. The van der Waals surface area contributed by atoms with E-state index in [4.69, 9.17) is 10.5 Å². The molecule has 2 heterocycles. The van der Waals surface area contributed by atoms with Crippen molar-refractivity contribution in [1.29, 1.82) is 0 Å². The number of fused-ring (bicyclic) bond motifs is 1. The molecule has 2 aromatic heterocycles. The molecule has 0 unspecified atom stereocenters. The lowest BCUT2D eigenvalue weighted by molar-refractivity contribution is 0.393. The second kappa shape index (κ2) is 4.28. The van der Waals surface area contributed by atoms with Crippen LogP contribution in [0.25, 0.3) is 16.6 Å². The molecule has 0 saturated heterocycles. The average Bonchev–Trinajstić information content (AvgIpc) is 2.78. The molecule has 0 amide bonds. The molecule has 0 bridgehead atoms. The molecule has 5 nitrogen and oxygen atoms in total. The van der Waals surface area contributed by atoms with E-state index in [-0.39, 0.29) is 0 Å². The summed E-state index contributed by atoms with van der Waals surface area (Å²) in [4.78, 5) is 8.60. The molecule has 0 fully saturated rings. The zero-order valence-electron chi connectivity index (χ0n) is 10.8. The van der Waals surface area contributed by atoms with E-state index in [0.717, 1.165) is 16.6 Å². The average molecular weight is 254 g/mol. The van der Waals surface area contributed by atoms with Gasteiger partial charge in [-0.3, -0.25) is 4.57 Å². The summed E-state index contributed by atoms with van der Waals surface area (Å²) < 4.78 is 7.41. The molecule has 3 rings (SSSR count). The van der Waals surface area contributed by atoms with Crippen molar-refractivity contribution < 1.29 is 4.74 Å². The van der Waals surface area contributed by atoms with Gasteiger partial charge in [0.05, 0.1) is 12.5 Å². The molecule has 5 heteroatoms. The predicted octanol–water partition coefficient (Wildman–Crippen LogP) is 2.32. The van der Waals surface area contributed by atoms with E-state index >= 15 is 0 Å². The number of ether oxygens (including phenoxy) is 1. The van der Waals surface area contributed by atoms with Crippen LogP contribution in [-0.2, 0) is 0 Å². The highest BCUT2D eigenvalue weighted by Crippen LogP contribution is 2.31. The van der Waals surface area contributed by atoms with Crippen LogP contribution in [-0.4, -0.2) is 21.6 Å². The number of aromatic nitrogens is 3. The lowest BCUT2D eigenvalue weighted by Gasteiger charge is -2.07. The van der Waals surface area contributed by atoms with Gasteiger partial charge in [0.25, 0.3) is 0 Å². The number of hydrogen-bond donors (Lipinski definition) is 1. The molecule has 1 aromatic carbocycles. The van der Waals surface area contributed by atoms with Crippen molar-refractivity contribution in [1.82, 2.24) is 14.5 Å². The van der Waals surface area contributed by atoms with Gasteiger partial charge in [0.15, 0.2) is 0 Å². The van der Waals surface area contributed by atoms with Gasteiger partial charge in [-0.05, 0) is 19.1 Å². The van der Waals surface area contributed by atoms with Gasteiger partial charge < -0.3 is 10.5 Å². The van der Waals surface area contributed by atoms with Crippen LogP contribution in [0.5, 0.6) is 5.88 Å². The predicted molar refractivity (Wildman–Crippen MR) is 74.6 cm³/mol. The highest BCUT2D eigenvalue weighted by Gasteiger charge is 2.15. The fourth-order valence-electron chi connectivity index (χ4n) is 2.17. The van der Waals surface area contributed by atoms with E-state index in [0.29, 0.717) is 17.5 Å². The summed E-state index contributed by atoms with van der Waals surface area (Å²) in [5, 5.41) is 0.798. The van der Waals surface area contributed by atoms with E-state index in [1.54, 1.807) is 7.11 Å². The maximum atomic E-state index is 5.95. The molecular weight excluding hydrogens is 240 g/mol. The summed E-state index contributed by atoms with van der Waals surface area (Å²) in [5.74, 6) is 1.77. The Morgan fingerprint density at radius 3 is 2.58 bits per heavy atom. The summed E-state index contributed by atoms with van der Waals surface area (Å²) >= 11 is 0. The highest BCUT2D eigenvalue weighted by atomic mass is 16.5. The Kier molecular flexibility index (Phi) is 2.59. The van der Waals surface area contributed by atoms with Gasteiger partial charge in [0.1, 0.15) is 17.2 Å². The molecule has 3 aromatic rings. The molecule has 0 radical (unpaired) electrons. The SMILES string of the molecule is COc1c2nc(C)nc(N)c2cn1-c1ccccc1. The first-order valence-corrected chi connectivity index (χ1v) is 5.95. The van der Waals surface area contributed by atoms with Crippen molar-refractivity contribution >= 4 is 16.7 Å². The van der Waals surface area contributed by atoms with Gasteiger partial charge in [-0.15, -0.1) is 0 Å². The van der Waals surface area contributed by atoms with Gasteiger partial charge in [0.2, 0.25) is 5.88 Å². The minimum Gasteiger partial charge on any atom is -0.480 e. The molecule has 19 heavy (non-hydrogen) atoms. The minimum absolute atomic E-state index is 0.468. The smallest absolute Gasteiger partial charge is 0.225 e. The van der Waals surface area contributed by atoms with Gasteiger partial charge in [0, 0.05) is 11.9 Å². The Morgan fingerprint density at radius 2 is 1.89 bits per heavy atom. The van der Waals surface area contributed by atoms with E-state index in [1.165, 1.54) is 0 Å². The number of methoxy groups -OCH3 is 1. The standard InChI is InChI=1S/C14H14N4O/c1-9-16-12-11(13(15)17-9)8-18(14(12)19-2)10-6-4-3-5-7-10/h3-8H,1-2H3,(H2,15,16,17). The monoisotopic (exact) mass is 254 g/mol. The van der Waals surface area contributed by atoms with E-state index in [9.17, 15) is 0 Å². The maximum absolute atomic E-state index is 5.95. The first kappa shape index (κ1) is 11.5. The lowest BCUT2D eigenvalue weighted by atomic mass is 10.3. The maximum Gasteiger partial charge on any atom is 0.225 e. The van der Waals surface area contributed by atoms with Crippen molar-refractivity contribution in [3.8, 4) is 11.6 Å². The third kappa shape index (κ3) is 1.79. The fourth-order valence-corrected chi connectivity index (χ4v) is 2.17. The van der Waals surface area contributed by atoms with Gasteiger partial charge in [-0.2, -0.15) is 0 Å². The van der Waals surface area contributed by atoms with Crippen LogP contribution in [0.2, 0.25) is 0 Å². The highest BCUT2D eigenvalue weighted by molar-refractivity contribution is 5.92. The molecule has 2 N–H and O–H groups in total. The molecule has 0 spiro atoms. The van der Waals surface area contributed by atoms with Crippen LogP contribution in [0.3, 0.4) is 0 Å². The number of aryl methyl sites for hydroxylation is 1. The number of nitrogens with two attached hydrogens (primary N) is 1. The summed E-state index contributed by atoms with van der Waals surface area (Å²) in [6.07, 6.45) is 1.90. The molecular formula is C14H14N4O. The molecule has 96 valence electrons. The second-order valence-corrected chi connectivity index (χ2v) is 4.26. The van der Waals surface area contributed by atoms with E-state index in [2.05, 4.69) is 9.97 Å². The Morgan fingerprint density at radius 1 is 1.16 bits per heavy atom. The van der Waals surface area contributed by atoms with Crippen molar-refractivity contribution in [2.24, 2.45) is 0 Å². The topological polar surface area (TPSA) is 66.0 Å². The van der Waals surface area contributed by atoms with Crippen LogP contribution < -0.4 is 10.5 Å². The van der Waals surface area contributed by atoms with Crippen LogP contribution in [0.1, 0.15) is 5.82 Å². The lowest BCUT2D eigenvalue weighted by Crippen LogP contribution is -1.97. The van der Waals surface area contributed by atoms with Crippen LogP contribution in [0.4, 0.5) is 5.82 Å². The van der Waals surface area contributed by atoms with Gasteiger partial charge >= 0.3 is 0 Å². The zero-order valence-corrected chi connectivity index (χ0v) is 10.8. The Labute approximate surface area is 110 Å². The Balaban J connectivity index is 2.35. The first-order chi connectivity index (χ1) is 9.20. The van der Waals surface area contributed by atoms with Crippen LogP contribution in [0, 0.1) is 6.92 Å². The van der Waals surface area contributed by atoms with Gasteiger partial charge in [-0.25, -0.2) is 9.97 Å². The largest absolute Gasteiger partial charge is 0.480 e. The summed E-state index contributed by atoms with van der Waals surface area (Å²) in [5.41, 5.74) is 7.68. The van der Waals surface area contributed by atoms with E-state index in [1.807, 2.05) is 48.0 Å². The van der Waals surface area contributed by atoms with Crippen molar-refractivity contribution in [2.75, 3.05) is 12.8 Å². The van der Waals surface area contributed by atoms with Crippen LogP contribution in [0.15, 0.2) is 36.5 Å². The van der Waals surface area contributed by atoms with Crippen molar-refractivity contribution in [2.45, 2.75) is 6.92 Å². The van der Waals surface area contributed by atoms with Crippen molar-refractivity contribution in [3.63, 3.8) is 0 Å². The third-order valence-corrected chi connectivity index (χ3v) is 2.99. The van der Waals surface area contributed by atoms with Gasteiger partial charge in [-0.1, -0.05) is 18.2 Å². The Bertz CT molecular complexity index is 734. The number of nitrogen functional groups attached to an aromatic ring is 1. The third-order valence-electron chi connectivity index (χ3n) is 2.99. The first-order valence-electron chi connectivity index (χ1n) is 5.95. The minimum atomic E-state index is 0.468. The molecule has 0 saturated carbocycles. The number of rotatable bonds is 2. The molecule has 0 aliphatic carbocycles. The van der Waals surface area contributed by atoms with E-state index < -0.39 is 0 Å². The normalized spacial score (nSPS) is 10.8. The summed E-state index contributed by atoms with van der Waals surface area (Å²) in [7, 11) is 1.63. The molecule has 0 atom stereocenters. The quantitative estimate of drug-likeness (QED) is 0.762. The number of hydrogen-bond acceptors (Lipinski definition) is 4. The van der Waals surface area contributed by atoms with Crippen LogP contribution >= 0.6 is 0 Å². The Hall–Kier alpha value is -2.56. The number of nitrogens with zero attached hydrogens (tertiary/aromatic N) is 3. The number of benzene rings is 1. The summed E-state index contributed by atoms with van der Waals surface area (Å²) in [6.45, 7) is 1.81. The number of anilines is 1. The molecule has 0 aliphatic rings. The number of para-hydroxylation sites is 1. The van der Waals surface area contributed by atoms with Crippen molar-refractivity contribution in [3.05, 3.63) is 42.4 Å². The zero-order chi connectivity index (χ0) is 13.4.